The summed E-state index contributed by atoms with van der Waals surface area (Å²) in [7, 11) is 0. The van der Waals surface area contributed by atoms with E-state index in [4.69, 9.17) is 14.7 Å². The third-order valence-electron chi connectivity index (χ3n) is 3.20. The number of nitrogens with one attached hydrogen (secondary N) is 1. The third-order valence-corrected chi connectivity index (χ3v) is 3.20. The van der Waals surface area contributed by atoms with Gasteiger partial charge < -0.3 is 14.8 Å². The SMILES string of the molecule is CCOc1cccc(CNC2CC2)c1OCCCC#N. The topological polar surface area (TPSA) is 54.3 Å². The van der Waals surface area contributed by atoms with E-state index in [1.54, 1.807) is 0 Å². The molecular formula is C16H22N2O2. The molecule has 0 radical (unpaired) electrons. The summed E-state index contributed by atoms with van der Waals surface area (Å²) >= 11 is 0. The first-order valence-electron chi connectivity index (χ1n) is 7.33. The minimum absolute atomic E-state index is 0.520. The van der Waals surface area contributed by atoms with Crippen molar-refractivity contribution in [1.29, 1.82) is 5.26 Å². The molecule has 1 aliphatic rings. The molecule has 20 heavy (non-hydrogen) atoms. The lowest BCUT2D eigenvalue weighted by atomic mass is 10.2. The molecule has 1 aliphatic carbocycles. The van der Waals surface area contributed by atoms with Crippen molar-refractivity contribution in [3.8, 4) is 17.6 Å². The normalized spacial score (nSPS) is 13.8. The van der Waals surface area contributed by atoms with Crippen molar-refractivity contribution in [1.82, 2.24) is 5.32 Å². The van der Waals surface area contributed by atoms with E-state index in [0.29, 0.717) is 25.7 Å². The molecule has 2 rings (SSSR count). The standard InChI is InChI=1S/C16H22N2O2/c1-2-19-15-7-5-6-13(12-18-14-8-9-14)16(15)20-11-4-3-10-17/h5-7,14,18H,2-4,8-9,11-12H2,1H3. The molecule has 0 bridgehead atoms. The van der Waals surface area contributed by atoms with Crippen molar-refractivity contribution in [2.24, 2.45) is 0 Å². The fraction of sp³-hybridized carbons (Fsp3) is 0.562. The molecule has 1 saturated carbocycles. The van der Waals surface area contributed by atoms with Crippen LogP contribution in [0, 0.1) is 11.3 Å². The molecule has 0 unspecified atom stereocenters. The van der Waals surface area contributed by atoms with Crippen LogP contribution in [0.5, 0.6) is 11.5 Å². The Morgan fingerprint density at radius 3 is 2.90 bits per heavy atom. The molecule has 4 nitrogen and oxygen atoms in total. The van der Waals surface area contributed by atoms with Crippen molar-refractivity contribution in [2.75, 3.05) is 13.2 Å². The molecule has 0 saturated heterocycles. The molecule has 1 fully saturated rings. The number of nitrogens with zero attached hydrogens (tertiary/aromatic N) is 1. The van der Waals surface area contributed by atoms with Gasteiger partial charge >= 0.3 is 0 Å². The van der Waals surface area contributed by atoms with Crippen LogP contribution in [-0.4, -0.2) is 19.3 Å². The van der Waals surface area contributed by atoms with Gasteiger partial charge in [-0.05, 0) is 32.3 Å². The van der Waals surface area contributed by atoms with Gasteiger partial charge in [-0.25, -0.2) is 0 Å². The van der Waals surface area contributed by atoms with Crippen LogP contribution in [0.25, 0.3) is 0 Å². The van der Waals surface area contributed by atoms with E-state index in [0.717, 1.165) is 30.0 Å². The fourth-order valence-corrected chi connectivity index (χ4v) is 2.00. The van der Waals surface area contributed by atoms with Crippen LogP contribution in [0.3, 0.4) is 0 Å². The lowest BCUT2D eigenvalue weighted by Gasteiger charge is -2.16. The number of para-hydroxylation sites is 1. The second-order valence-corrected chi connectivity index (χ2v) is 4.94. The minimum Gasteiger partial charge on any atom is -0.490 e. The van der Waals surface area contributed by atoms with Gasteiger partial charge in [0.25, 0.3) is 0 Å². The van der Waals surface area contributed by atoms with Gasteiger partial charge in [0.05, 0.1) is 19.3 Å². The van der Waals surface area contributed by atoms with Crippen molar-refractivity contribution >= 4 is 0 Å². The first-order chi connectivity index (χ1) is 9.85. The van der Waals surface area contributed by atoms with Gasteiger partial charge in [-0.15, -0.1) is 0 Å². The number of hydrogen-bond acceptors (Lipinski definition) is 4. The highest BCUT2D eigenvalue weighted by Gasteiger charge is 2.21. The Morgan fingerprint density at radius 2 is 2.20 bits per heavy atom. The highest BCUT2D eigenvalue weighted by Crippen LogP contribution is 2.32. The predicted molar refractivity (Wildman–Crippen MR) is 77.8 cm³/mol. The molecule has 0 aliphatic heterocycles. The van der Waals surface area contributed by atoms with Crippen LogP contribution in [0.1, 0.15) is 38.2 Å². The zero-order valence-corrected chi connectivity index (χ0v) is 12.0. The van der Waals surface area contributed by atoms with E-state index in [-0.39, 0.29) is 0 Å². The Bertz CT molecular complexity index is 464. The second kappa shape index (κ2) is 7.76. The number of ether oxygens (including phenoxy) is 2. The third kappa shape index (κ3) is 4.43. The van der Waals surface area contributed by atoms with Crippen LogP contribution >= 0.6 is 0 Å². The molecule has 4 heteroatoms. The highest BCUT2D eigenvalue weighted by atomic mass is 16.5. The van der Waals surface area contributed by atoms with Gasteiger partial charge in [0.1, 0.15) is 0 Å². The maximum Gasteiger partial charge on any atom is 0.165 e. The van der Waals surface area contributed by atoms with E-state index in [1.807, 2.05) is 19.1 Å². The Hall–Kier alpha value is -1.73. The monoisotopic (exact) mass is 274 g/mol. The summed E-state index contributed by atoms with van der Waals surface area (Å²) in [5, 5.41) is 12.1. The van der Waals surface area contributed by atoms with Crippen molar-refractivity contribution in [2.45, 2.75) is 45.2 Å². The van der Waals surface area contributed by atoms with Crippen LogP contribution in [0.2, 0.25) is 0 Å². The van der Waals surface area contributed by atoms with E-state index in [2.05, 4.69) is 17.5 Å². The van der Waals surface area contributed by atoms with Crippen LogP contribution in [-0.2, 0) is 6.54 Å². The van der Waals surface area contributed by atoms with Crippen LogP contribution in [0.4, 0.5) is 0 Å². The fourth-order valence-electron chi connectivity index (χ4n) is 2.00. The first-order valence-corrected chi connectivity index (χ1v) is 7.33. The lowest BCUT2D eigenvalue weighted by molar-refractivity contribution is 0.271. The zero-order valence-electron chi connectivity index (χ0n) is 12.0. The molecule has 0 amide bonds. The smallest absolute Gasteiger partial charge is 0.165 e. The summed E-state index contributed by atoms with van der Waals surface area (Å²) in [4.78, 5) is 0. The Morgan fingerprint density at radius 1 is 1.35 bits per heavy atom. The van der Waals surface area contributed by atoms with Crippen molar-refractivity contribution in [3.63, 3.8) is 0 Å². The van der Waals surface area contributed by atoms with Gasteiger partial charge in [0, 0.05) is 24.6 Å². The molecule has 0 aromatic heterocycles. The summed E-state index contributed by atoms with van der Waals surface area (Å²) in [6, 6.07) is 8.80. The van der Waals surface area contributed by atoms with Gasteiger partial charge in [-0.3, -0.25) is 0 Å². The predicted octanol–water partition coefficient (Wildman–Crippen LogP) is 3.02. The Balaban J connectivity index is 2.02. The summed E-state index contributed by atoms with van der Waals surface area (Å²) in [6.45, 7) is 3.94. The Labute approximate surface area is 120 Å². The number of nitriles is 1. The molecule has 0 atom stereocenters. The molecule has 108 valence electrons. The summed E-state index contributed by atoms with van der Waals surface area (Å²) in [5.74, 6) is 1.61. The summed E-state index contributed by atoms with van der Waals surface area (Å²) in [6.07, 6.45) is 3.80. The molecule has 1 aromatic carbocycles. The van der Waals surface area contributed by atoms with E-state index < -0.39 is 0 Å². The largest absolute Gasteiger partial charge is 0.490 e. The lowest BCUT2D eigenvalue weighted by Crippen LogP contribution is -2.16. The van der Waals surface area contributed by atoms with Gasteiger partial charge in [-0.2, -0.15) is 5.26 Å². The molecule has 1 N–H and O–H groups in total. The number of hydrogen-bond donors (Lipinski definition) is 1. The Kier molecular flexibility index (Phi) is 5.69. The first kappa shape index (κ1) is 14.7. The number of unbranched alkanes of at least 4 members (excludes halogenated alkanes) is 1. The van der Waals surface area contributed by atoms with Gasteiger partial charge in [0.15, 0.2) is 11.5 Å². The molecular weight excluding hydrogens is 252 g/mol. The van der Waals surface area contributed by atoms with Crippen LogP contribution < -0.4 is 14.8 Å². The maximum atomic E-state index is 8.57. The van der Waals surface area contributed by atoms with Crippen molar-refractivity contribution in [3.05, 3.63) is 23.8 Å². The van der Waals surface area contributed by atoms with E-state index >= 15 is 0 Å². The van der Waals surface area contributed by atoms with Crippen LogP contribution in [0.15, 0.2) is 18.2 Å². The van der Waals surface area contributed by atoms with Gasteiger partial charge in [0.2, 0.25) is 0 Å². The number of benzene rings is 1. The average Bonchev–Trinajstić information content (AvgIpc) is 3.27. The average molecular weight is 274 g/mol. The molecule has 0 heterocycles. The van der Waals surface area contributed by atoms with E-state index in [1.165, 1.54) is 12.8 Å². The molecule has 0 spiro atoms. The molecule has 1 aromatic rings. The zero-order chi connectivity index (χ0) is 14.2. The number of rotatable bonds is 9. The summed E-state index contributed by atoms with van der Waals surface area (Å²) < 4.78 is 11.5. The van der Waals surface area contributed by atoms with E-state index in [9.17, 15) is 0 Å². The summed E-state index contributed by atoms with van der Waals surface area (Å²) in [5.41, 5.74) is 1.12. The highest BCUT2D eigenvalue weighted by molar-refractivity contribution is 5.46. The quantitative estimate of drug-likeness (QED) is 0.703. The van der Waals surface area contributed by atoms with Crippen molar-refractivity contribution < 1.29 is 9.47 Å². The van der Waals surface area contributed by atoms with Gasteiger partial charge in [-0.1, -0.05) is 12.1 Å². The minimum atomic E-state index is 0.520. The second-order valence-electron chi connectivity index (χ2n) is 4.94. The maximum absolute atomic E-state index is 8.57.